The van der Waals surface area contributed by atoms with E-state index in [0.717, 1.165) is 5.75 Å². The summed E-state index contributed by atoms with van der Waals surface area (Å²) in [5.41, 5.74) is 4.70. The summed E-state index contributed by atoms with van der Waals surface area (Å²) in [5.74, 6) is 7.59. The summed E-state index contributed by atoms with van der Waals surface area (Å²) in [6, 6.07) is 8.67. The fourth-order valence-corrected chi connectivity index (χ4v) is 4.05. The third-order valence-corrected chi connectivity index (χ3v) is 4.72. The molecular formula is C18H30N2O. The summed E-state index contributed by atoms with van der Waals surface area (Å²) in [6.07, 6.45) is 6.42. The zero-order chi connectivity index (χ0) is 15.3. The minimum Gasteiger partial charge on any atom is -0.494 e. The Hall–Kier alpha value is -1.06. The standard InChI is InChI=1S/C18H30N2O/c1-4-21-16-9-7-15(8-10-16)17(20-19)18(13-14(2)3)11-5-6-12-18/h7-10,14,17,20H,4-6,11-13,19H2,1-3H3. The second-order valence-corrected chi connectivity index (χ2v) is 6.77. The second-order valence-electron chi connectivity index (χ2n) is 6.77. The van der Waals surface area contributed by atoms with Gasteiger partial charge in [0.25, 0.3) is 0 Å². The van der Waals surface area contributed by atoms with Crippen molar-refractivity contribution >= 4 is 0 Å². The number of nitrogens with two attached hydrogens (primary N) is 1. The molecule has 0 aliphatic heterocycles. The van der Waals surface area contributed by atoms with Crippen LogP contribution >= 0.6 is 0 Å². The van der Waals surface area contributed by atoms with E-state index in [1.54, 1.807) is 0 Å². The summed E-state index contributed by atoms with van der Waals surface area (Å²) in [7, 11) is 0. The van der Waals surface area contributed by atoms with Crippen molar-refractivity contribution in [2.45, 2.75) is 58.9 Å². The van der Waals surface area contributed by atoms with Crippen LogP contribution in [0.1, 0.15) is 64.5 Å². The molecule has 1 saturated carbocycles. The van der Waals surface area contributed by atoms with Crippen molar-refractivity contribution in [2.75, 3.05) is 6.61 Å². The molecule has 3 N–H and O–H groups in total. The number of nitrogens with one attached hydrogen (secondary N) is 1. The average molecular weight is 290 g/mol. The molecule has 0 bridgehead atoms. The van der Waals surface area contributed by atoms with Crippen molar-refractivity contribution in [3.05, 3.63) is 29.8 Å². The van der Waals surface area contributed by atoms with Gasteiger partial charge in [-0.25, -0.2) is 0 Å². The van der Waals surface area contributed by atoms with Crippen molar-refractivity contribution in [1.29, 1.82) is 0 Å². The first-order valence-electron chi connectivity index (χ1n) is 8.30. The lowest BCUT2D eigenvalue weighted by Crippen LogP contribution is -2.41. The summed E-state index contributed by atoms with van der Waals surface area (Å²) < 4.78 is 5.54. The van der Waals surface area contributed by atoms with Crippen LogP contribution in [-0.2, 0) is 0 Å². The maximum absolute atomic E-state index is 5.96. The van der Waals surface area contributed by atoms with Crippen LogP contribution in [0.15, 0.2) is 24.3 Å². The largest absolute Gasteiger partial charge is 0.494 e. The molecule has 1 aromatic rings. The fraction of sp³-hybridized carbons (Fsp3) is 0.667. The Bertz CT molecular complexity index is 421. The molecule has 0 spiro atoms. The van der Waals surface area contributed by atoms with E-state index in [4.69, 9.17) is 10.6 Å². The van der Waals surface area contributed by atoms with Gasteiger partial charge in [-0.15, -0.1) is 0 Å². The first-order valence-corrected chi connectivity index (χ1v) is 8.30. The van der Waals surface area contributed by atoms with Gasteiger partial charge in [0, 0.05) is 0 Å². The van der Waals surface area contributed by atoms with E-state index in [-0.39, 0.29) is 6.04 Å². The van der Waals surface area contributed by atoms with Crippen molar-refractivity contribution in [2.24, 2.45) is 17.2 Å². The summed E-state index contributed by atoms with van der Waals surface area (Å²) in [5, 5.41) is 0. The summed E-state index contributed by atoms with van der Waals surface area (Å²) in [6.45, 7) is 7.33. The van der Waals surface area contributed by atoms with E-state index in [0.29, 0.717) is 17.9 Å². The lowest BCUT2D eigenvalue weighted by atomic mass is 9.70. The molecule has 3 nitrogen and oxygen atoms in total. The molecule has 3 heteroatoms. The van der Waals surface area contributed by atoms with Crippen LogP contribution in [0.3, 0.4) is 0 Å². The van der Waals surface area contributed by atoms with E-state index in [1.807, 2.05) is 6.92 Å². The highest BCUT2D eigenvalue weighted by atomic mass is 16.5. The molecule has 118 valence electrons. The molecule has 21 heavy (non-hydrogen) atoms. The summed E-state index contributed by atoms with van der Waals surface area (Å²) >= 11 is 0. The van der Waals surface area contributed by atoms with Crippen LogP contribution in [0, 0.1) is 11.3 Å². The molecule has 1 fully saturated rings. The smallest absolute Gasteiger partial charge is 0.119 e. The highest BCUT2D eigenvalue weighted by molar-refractivity contribution is 5.30. The van der Waals surface area contributed by atoms with Crippen molar-refractivity contribution in [3.63, 3.8) is 0 Å². The van der Waals surface area contributed by atoms with E-state index in [2.05, 4.69) is 43.5 Å². The number of hydrazine groups is 1. The summed E-state index contributed by atoms with van der Waals surface area (Å²) in [4.78, 5) is 0. The maximum atomic E-state index is 5.96. The van der Waals surface area contributed by atoms with Crippen LogP contribution in [0.2, 0.25) is 0 Å². The molecule has 0 aromatic heterocycles. The van der Waals surface area contributed by atoms with Gasteiger partial charge in [-0.2, -0.15) is 0 Å². The van der Waals surface area contributed by atoms with Crippen LogP contribution in [0.25, 0.3) is 0 Å². The van der Waals surface area contributed by atoms with Gasteiger partial charge >= 0.3 is 0 Å². The van der Waals surface area contributed by atoms with Crippen LogP contribution in [-0.4, -0.2) is 6.61 Å². The average Bonchev–Trinajstić information content (AvgIpc) is 2.90. The Morgan fingerprint density at radius 1 is 1.19 bits per heavy atom. The monoisotopic (exact) mass is 290 g/mol. The molecule has 1 aliphatic rings. The van der Waals surface area contributed by atoms with Gasteiger partial charge < -0.3 is 4.74 Å². The molecule has 0 radical (unpaired) electrons. The topological polar surface area (TPSA) is 47.3 Å². The molecule has 0 heterocycles. The maximum Gasteiger partial charge on any atom is 0.119 e. The Labute approximate surface area is 129 Å². The van der Waals surface area contributed by atoms with Gasteiger partial charge in [-0.3, -0.25) is 11.3 Å². The zero-order valence-corrected chi connectivity index (χ0v) is 13.7. The molecule has 2 rings (SSSR count). The molecule has 1 unspecified atom stereocenters. The van der Waals surface area contributed by atoms with Gasteiger partial charge in [0.05, 0.1) is 12.6 Å². The van der Waals surface area contributed by atoms with Crippen molar-refractivity contribution < 1.29 is 4.74 Å². The number of hydrogen-bond acceptors (Lipinski definition) is 3. The number of ether oxygens (including phenoxy) is 1. The highest BCUT2D eigenvalue weighted by Gasteiger charge is 2.41. The Kier molecular flexibility index (Phi) is 5.65. The quantitative estimate of drug-likeness (QED) is 0.584. The SMILES string of the molecule is CCOc1ccc(C(NN)C2(CC(C)C)CCCC2)cc1. The second kappa shape index (κ2) is 7.28. The van der Waals surface area contributed by atoms with Gasteiger partial charge in [0.2, 0.25) is 0 Å². The zero-order valence-electron chi connectivity index (χ0n) is 13.7. The van der Waals surface area contributed by atoms with Gasteiger partial charge in [-0.1, -0.05) is 38.8 Å². The van der Waals surface area contributed by atoms with Gasteiger partial charge in [0.1, 0.15) is 5.75 Å². The number of benzene rings is 1. The fourth-order valence-electron chi connectivity index (χ4n) is 4.05. The third-order valence-electron chi connectivity index (χ3n) is 4.72. The van der Waals surface area contributed by atoms with Crippen molar-refractivity contribution in [3.8, 4) is 5.75 Å². The third kappa shape index (κ3) is 3.78. The first kappa shape index (κ1) is 16.3. The predicted molar refractivity (Wildman–Crippen MR) is 88.0 cm³/mol. The molecule has 1 aromatic carbocycles. The molecule has 1 aliphatic carbocycles. The first-order chi connectivity index (χ1) is 10.1. The van der Waals surface area contributed by atoms with E-state index < -0.39 is 0 Å². The Morgan fingerprint density at radius 2 is 1.81 bits per heavy atom. The lowest BCUT2D eigenvalue weighted by molar-refractivity contribution is 0.156. The van der Waals surface area contributed by atoms with E-state index in [9.17, 15) is 0 Å². The minimum absolute atomic E-state index is 0.234. The predicted octanol–water partition coefficient (Wildman–Crippen LogP) is 4.20. The highest BCUT2D eigenvalue weighted by Crippen LogP contribution is 2.51. The Balaban J connectivity index is 2.23. The van der Waals surface area contributed by atoms with Crippen LogP contribution < -0.4 is 16.0 Å². The lowest BCUT2D eigenvalue weighted by Gasteiger charge is -2.39. The van der Waals surface area contributed by atoms with Crippen molar-refractivity contribution in [1.82, 2.24) is 5.43 Å². The normalized spacial score (nSPS) is 18.9. The van der Waals surface area contributed by atoms with Crippen LogP contribution in [0.4, 0.5) is 0 Å². The van der Waals surface area contributed by atoms with Gasteiger partial charge in [0.15, 0.2) is 0 Å². The molecule has 0 amide bonds. The minimum atomic E-state index is 0.234. The molecular weight excluding hydrogens is 260 g/mol. The van der Waals surface area contributed by atoms with E-state index >= 15 is 0 Å². The Morgan fingerprint density at radius 3 is 2.29 bits per heavy atom. The molecule has 0 saturated heterocycles. The van der Waals surface area contributed by atoms with E-state index in [1.165, 1.54) is 37.7 Å². The number of rotatable bonds is 7. The number of hydrogen-bond donors (Lipinski definition) is 2. The van der Waals surface area contributed by atoms with Gasteiger partial charge in [-0.05, 0) is 55.2 Å². The van der Waals surface area contributed by atoms with Crippen LogP contribution in [0.5, 0.6) is 5.75 Å². The molecule has 1 atom stereocenters.